The monoisotopic (exact) mass is 1650 g/mol. The number of halogens is 7. The fraction of sp³-hybridized carbons (Fsp3) is 0.176. The van der Waals surface area contributed by atoms with Crippen LogP contribution in [0.15, 0.2) is 249 Å². The lowest BCUT2D eigenvalue weighted by Gasteiger charge is -2.17. The first-order chi connectivity index (χ1) is 58.9. The van der Waals surface area contributed by atoms with Crippen LogP contribution in [0.25, 0.3) is 50.3 Å². The molecule has 5 amide bonds. The summed E-state index contributed by atoms with van der Waals surface area (Å²) >= 11 is 0. The third-order valence-electron chi connectivity index (χ3n) is 21.3. The first kappa shape index (κ1) is 80.7. The van der Waals surface area contributed by atoms with E-state index in [0.717, 1.165) is 78.8 Å². The van der Waals surface area contributed by atoms with Gasteiger partial charge in [0.1, 0.15) is 34.7 Å². The van der Waals surface area contributed by atoms with Crippen LogP contribution in [0.5, 0.6) is 0 Å². The number of aromatic nitrogens is 13. The number of allylic oxidation sites excluding steroid dienone is 1. The molecule has 0 aliphatic carbocycles. The minimum Gasteiger partial charge on any atom is -0.330 e. The van der Waals surface area contributed by atoms with Crippen LogP contribution in [0, 0.1) is 23.3 Å². The van der Waals surface area contributed by atoms with Crippen molar-refractivity contribution in [1.29, 1.82) is 0 Å². The lowest BCUT2D eigenvalue weighted by molar-refractivity contribution is -0.0571. The first-order valence-electron chi connectivity index (χ1n) is 38.6. The number of nitrogens with zero attached hydrogens (tertiary/aromatic N) is 19. The molecule has 0 fully saturated rings. The Kier molecular flexibility index (Phi) is 22.8. The number of fused-ring (bicyclic) bond motifs is 5. The molecule has 24 nitrogen and oxygen atoms in total. The van der Waals surface area contributed by atoms with E-state index in [1.165, 1.54) is 41.3 Å². The van der Waals surface area contributed by atoms with E-state index in [0.29, 0.717) is 78.3 Å². The molecule has 612 valence electrons. The van der Waals surface area contributed by atoms with Gasteiger partial charge in [0, 0.05) is 202 Å². The van der Waals surface area contributed by atoms with E-state index in [9.17, 15) is 54.7 Å². The number of pyridine rings is 5. The van der Waals surface area contributed by atoms with Gasteiger partial charge in [-0.05, 0) is 101 Å². The molecule has 122 heavy (non-hydrogen) atoms. The average molecular weight is 1650 g/mol. The van der Waals surface area contributed by atoms with E-state index in [1.807, 2.05) is 122 Å². The van der Waals surface area contributed by atoms with Crippen LogP contribution in [0.3, 0.4) is 0 Å². The summed E-state index contributed by atoms with van der Waals surface area (Å²) in [5.74, 6) is -2.29. The summed E-state index contributed by atoms with van der Waals surface area (Å²) in [6.07, 6.45) is 17.3. The van der Waals surface area contributed by atoms with Crippen LogP contribution in [0.4, 0.5) is 30.7 Å². The number of amides is 5. The summed E-state index contributed by atoms with van der Waals surface area (Å²) in [7, 11) is 7.30. The number of hydrogen-bond acceptors (Lipinski definition) is 15. The maximum absolute atomic E-state index is 14.6. The predicted octanol–water partition coefficient (Wildman–Crippen LogP) is 14.7. The highest BCUT2D eigenvalue weighted by Gasteiger charge is 2.41. The second-order valence-corrected chi connectivity index (χ2v) is 29.6. The average Bonchev–Trinajstić information content (AvgIpc) is 1.37. The lowest BCUT2D eigenvalue weighted by Crippen LogP contribution is -2.24. The Hall–Kier alpha value is -15.0. The third-order valence-corrected chi connectivity index (χ3v) is 21.3. The highest BCUT2D eigenvalue weighted by Crippen LogP contribution is 2.36. The van der Waals surface area contributed by atoms with Gasteiger partial charge >= 0.3 is 6.18 Å². The van der Waals surface area contributed by atoms with Gasteiger partial charge in [-0.3, -0.25) is 72.6 Å². The van der Waals surface area contributed by atoms with Crippen molar-refractivity contribution < 1.29 is 54.7 Å². The normalized spacial score (nSPS) is 14.1. The van der Waals surface area contributed by atoms with Gasteiger partial charge < -0.3 is 24.5 Å². The van der Waals surface area contributed by atoms with E-state index in [-0.39, 0.29) is 96.2 Å². The molecule has 0 unspecified atom stereocenters. The summed E-state index contributed by atoms with van der Waals surface area (Å²) in [4.78, 5) is 94.6. The van der Waals surface area contributed by atoms with Crippen molar-refractivity contribution in [3.05, 3.63) is 357 Å². The fourth-order valence-electron chi connectivity index (χ4n) is 15.0. The molecule has 15 heterocycles. The van der Waals surface area contributed by atoms with E-state index >= 15 is 0 Å². The molecule has 9 aromatic heterocycles. The fourth-order valence-corrected chi connectivity index (χ4v) is 15.0. The summed E-state index contributed by atoms with van der Waals surface area (Å²) in [5.41, 5.74) is 15.4. The number of hydrogen-bond donors (Lipinski definition) is 0. The first-order valence-corrected chi connectivity index (χ1v) is 38.6. The standard InChI is InChI=1S/C20H14F4N2O.C19H16FN3O.C18H16N4O.2C17H14FN5O/c21-17-9-12(15-7-8-25-18(15)20(22,23)24)5-6-14(17)11-26-10-13-3-1-2-4-16(13)19(26)27;1-22-18(8-9-21-22)13-6-7-15(17(20)10-13)12-23-11-14-4-2-3-5-16(14)19(23)24;1-21-11-15(9-20-21)17-7-6-13(8-19-17)10-22-12-14-4-2-3-5-16(14)18(22)23;1-22-8-12(7-21-22)11-5-14(18)16(20-6-11)10-23-9-15-13(17(23)24)3-2-4-19-15;1-22-8-13(7-21-22)12-5-14(18)15(20-6-12)10-23-9-11-3-2-4-19-16(11)17(23)24/h1-7,9H,8,10-11H2;2-10H,11-12H2,1H3;2-9,11H,10,12H2,1H3;2*2-8H,9-10H2,1H3. The lowest BCUT2D eigenvalue weighted by atomic mass is 9.99. The molecule has 0 radical (unpaired) electrons. The number of aryl methyl sites for hydroxylation is 4. The number of carbonyl (C=O) groups is 5. The quantitative estimate of drug-likeness (QED) is 0.0866. The van der Waals surface area contributed by atoms with Crippen molar-refractivity contribution in [3.63, 3.8) is 0 Å². The Morgan fingerprint density at radius 1 is 0.369 bits per heavy atom. The maximum atomic E-state index is 14.6. The molecular formula is C91H74F7N19O5. The number of rotatable bonds is 15. The Morgan fingerprint density at radius 3 is 1.30 bits per heavy atom. The van der Waals surface area contributed by atoms with E-state index < -0.39 is 29.3 Å². The Labute approximate surface area is 693 Å². The molecule has 0 atom stereocenters. The minimum atomic E-state index is -4.58. The summed E-state index contributed by atoms with van der Waals surface area (Å²) in [6.45, 7) is 3.44. The smallest absolute Gasteiger partial charge is 0.330 e. The predicted molar refractivity (Wildman–Crippen MR) is 436 cm³/mol. The van der Waals surface area contributed by atoms with Crippen molar-refractivity contribution >= 4 is 40.8 Å². The summed E-state index contributed by atoms with van der Waals surface area (Å²) in [5, 5.41) is 16.4. The largest absolute Gasteiger partial charge is 0.433 e. The van der Waals surface area contributed by atoms with Crippen LogP contribution in [0.1, 0.15) is 114 Å². The van der Waals surface area contributed by atoms with Crippen LogP contribution in [-0.4, -0.2) is 137 Å². The minimum absolute atomic E-state index is 0.0410. The second-order valence-electron chi connectivity index (χ2n) is 29.6. The molecule has 31 heteroatoms. The van der Waals surface area contributed by atoms with Gasteiger partial charge in [0.05, 0.1) is 78.8 Å². The zero-order valence-corrected chi connectivity index (χ0v) is 66.1. The number of aliphatic imine (C=N–C) groups is 1. The van der Waals surface area contributed by atoms with Crippen molar-refractivity contribution in [3.8, 4) is 44.8 Å². The SMILES string of the molecule is Cn1cc(-c2ccc(CN3Cc4ccccc4C3=O)cn2)cn1.Cn1cc(-c2cnc(CN3Cc4cccnc4C3=O)c(F)c2)cn1.Cn1cc(-c2cnc(CN3Cc4ncccc4C3=O)c(F)c2)cn1.Cn1nccc1-c1ccc(CN2Cc3ccccc3C2=O)c(F)c1.O=C1c2ccccc2CN1Cc1ccc(C2=CCN=C2C(F)(F)F)cc1F. The molecule has 0 N–H and O–H groups in total. The number of alkyl halides is 3. The van der Waals surface area contributed by atoms with Gasteiger partial charge in [-0.25, -0.2) is 17.6 Å². The molecular weight excluding hydrogens is 1570 g/mol. The molecule has 5 aromatic carbocycles. The maximum Gasteiger partial charge on any atom is 0.433 e. The van der Waals surface area contributed by atoms with Gasteiger partial charge in [-0.1, -0.05) is 97.1 Å². The Balaban J connectivity index is 0.000000113. The molecule has 6 aliphatic rings. The van der Waals surface area contributed by atoms with Crippen LogP contribution in [-0.2, 0) is 93.6 Å². The van der Waals surface area contributed by atoms with Crippen molar-refractivity contribution in [2.45, 2.75) is 71.6 Å². The highest BCUT2D eigenvalue weighted by atomic mass is 19.4. The van der Waals surface area contributed by atoms with Gasteiger partial charge in [0.25, 0.3) is 29.5 Å². The van der Waals surface area contributed by atoms with E-state index in [2.05, 4.69) is 50.3 Å². The van der Waals surface area contributed by atoms with Crippen LogP contribution in [0.2, 0.25) is 0 Å². The van der Waals surface area contributed by atoms with Crippen LogP contribution < -0.4 is 0 Å². The molecule has 0 saturated carbocycles. The highest BCUT2D eigenvalue weighted by molar-refractivity contribution is 6.28. The summed E-state index contributed by atoms with van der Waals surface area (Å²) < 4.78 is 104. The Bertz CT molecular complexity index is 6300. The van der Waals surface area contributed by atoms with E-state index in [4.69, 9.17) is 0 Å². The number of carbonyl (C=O) groups excluding carboxylic acids is 5. The van der Waals surface area contributed by atoms with Crippen molar-refractivity contribution in [2.24, 2.45) is 33.2 Å². The van der Waals surface area contributed by atoms with Gasteiger partial charge in [-0.2, -0.15) is 33.6 Å². The molecule has 0 saturated heterocycles. The second kappa shape index (κ2) is 34.5. The topological polar surface area (TPSA) is 250 Å². The zero-order valence-electron chi connectivity index (χ0n) is 66.1. The van der Waals surface area contributed by atoms with Gasteiger partial charge in [0.15, 0.2) is 0 Å². The number of benzene rings is 5. The molecule has 6 aliphatic heterocycles. The van der Waals surface area contributed by atoms with E-state index in [1.54, 1.807) is 146 Å². The van der Waals surface area contributed by atoms with Crippen molar-refractivity contribution in [1.82, 2.24) is 88.5 Å². The molecule has 0 bridgehead atoms. The molecule has 0 spiro atoms. The Morgan fingerprint density at radius 2 is 0.828 bits per heavy atom. The zero-order chi connectivity index (χ0) is 85.0. The molecule has 14 aromatic rings. The third kappa shape index (κ3) is 17.5. The van der Waals surface area contributed by atoms with Gasteiger partial charge in [-0.15, -0.1) is 0 Å². The van der Waals surface area contributed by atoms with Gasteiger partial charge in [0.2, 0.25) is 0 Å². The summed E-state index contributed by atoms with van der Waals surface area (Å²) in [6, 6.07) is 47.3. The van der Waals surface area contributed by atoms with Crippen LogP contribution >= 0.6 is 0 Å². The van der Waals surface area contributed by atoms with Crippen molar-refractivity contribution in [2.75, 3.05) is 6.54 Å². The molecule has 20 rings (SSSR count).